The number of hydrogen-bond acceptors (Lipinski definition) is 5. The van der Waals surface area contributed by atoms with E-state index < -0.39 is 26.8 Å². The Balaban J connectivity index is 5.33. The van der Waals surface area contributed by atoms with Crippen LogP contribution in [0.4, 0.5) is 0 Å². The minimum atomic E-state index is -3.63. The summed E-state index contributed by atoms with van der Waals surface area (Å²) in [5, 5.41) is 10.5. The van der Waals surface area contributed by atoms with Crippen LogP contribution in [0, 0.1) is 12.3 Å². The summed E-state index contributed by atoms with van der Waals surface area (Å²) in [6.07, 6.45) is 5.59. The van der Waals surface area contributed by atoms with Gasteiger partial charge in [0.05, 0.1) is 0 Å². The summed E-state index contributed by atoms with van der Waals surface area (Å²) in [5.74, 6) is 0.619. The second-order valence-corrected chi connectivity index (χ2v) is 4.92. The van der Waals surface area contributed by atoms with E-state index >= 15 is 0 Å². The highest BCUT2D eigenvalue weighted by Gasteiger charge is 2.31. The lowest BCUT2D eigenvalue weighted by atomic mass is 10.2. The SMILES string of the molecule is C#CCC(C(=NOC)C(=O)O)S(C)(=O)=O. The average molecular weight is 233 g/mol. The maximum absolute atomic E-state index is 11.2. The molecule has 0 saturated heterocycles. The van der Waals surface area contributed by atoms with Crippen molar-refractivity contribution in [3.63, 3.8) is 0 Å². The molecule has 15 heavy (non-hydrogen) atoms. The van der Waals surface area contributed by atoms with Crippen molar-refractivity contribution < 1.29 is 23.2 Å². The molecule has 0 aromatic carbocycles. The Morgan fingerprint density at radius 2 is 2.20 bits per heavy atom. The Morgan fingerprint density at radius 3 is 2.47 bits per heavy atom. The Hall–Kier alpha value is -1.55. The molecular formula is C8H11NO5S. The molecule has 1 N–H and O–H groups in total. The maximum Gasteiger partial charge on any atom is 0.355 e. The summed E-state index contributed by atoms with van der Waals surface area (Å²) in [5.41, 5.74) is -0.613. The lowest BCUT2D eigenvalue weighted by Crippen LogP contribution is -2.35. The molecule has 0 aliphatic heterocycles. The molecule has 0 aromatic heterocycles. The van der Waals surface area contributed by atoms with Gasteiger partial charge in [-0.15, -0.1) is 12.3 Å². The molecule has 1 atom stereocenters. The van der Waals surface area contributed by atoms with Crippen LogP contribution in [-0.4, -0.2) is 43.8 Å². The number of carboxylic acid groups (broad SMARTS) is 1. The first-order valence-corrected chi connectivity index (χ1v) is 5.76. The molecule has 6 nitrogen and oxygen atoms in total. The van der Waals surface area contributed by atoms with Gasteiger partial charge in [-0.3, -0.25) is 0 Å². The number of rotatable bonds is 5. The Labute approximate surface area is 87.8 Å². The van der Waals surface area contributed by atoms with Crippen LogP contribution >= 0.6 is 0 Å². The van der Waals surface area contributed by atoms with Crippen molar-refractivity contribution in [3.05, 3.63) is 0 Å². The van der Waals surface area contributed by atoms with Gasteiger partial charge in [0.15, 0.2) is 15.5 Å². The lowest BCUT2D eigenvalue weighted by Gasteiger charge is -2.10. The van der Waals surface area contributed by atoms with E-state index in [2.05, 4.69) is 15.9 Å². The third kappa shape index (κ3) is 3.99. The van der Waals surface area contributed by atoms with Gasteiger partial charge in [-0.05, 0) is 0 Å². The van der Waals surface area contributed by atoms with Crippen LogP contribution in [0.2, 0.25) is 0 Å². The van der Waals surface area contributed by atoms with E-state index in [1.807, 2.05) is 0 Å². The van der Waals surface area contributed by atoms with Gasteiger partial charge in [-0.1, -0.05) is 5.16 Å². The molecule has 0 saturated carbocycles. The van der Waals surface area contributed by atoms with Crippen molar-refractivity contribution in [1.29, 1.82) is 0 Å². The summed E-state index contributed by atoms with van der Waals surface area (Å²) in [4.78, 5) is 15.0. The molecule has 0 aromatic rings. The smallest absolute Gasteiger partial charge is 0.355 e. The molecule has 0 rings (SSSR count). The van der Waals surface area contributed by atoms with Gasteiger partial charge in [-0.2, -0.15) is 0 Å². The van der Waals surface area contributed by atoms with Crippen LogP contribution in [0.25, 0.3) is 0 Å². The Kier molecular flexibility index (Phi) is 4.81. The molecule has 0 radical (unpaired) electrons. The second kappa shape index (κ2) is 5.36. The van der Waals surface area contributed by atoms with E-state index in [1.165, 1.54) is 0 Å². The number of terminal acetylenes is 1. The van der Waals surface area contributed by atoms with Crippen molar-refractivity contribution >= 4 is 21.5 Å². The second-order valence-electron chi connectivity index (χ2n) is 2.69. The first-order valence-electron chi connectivity index (χ1n) is 3.81. The highest BCUT2D eigenvalue weighted by atomic mass is 32.2. The largest absolute Gasteiger partial charge is 0.477 e. The van der Waals surface area contributed by atoms with Gasteiger partial charge in [-0.25, -0.2) is 13.2 Å². The van der Waals surface area contributed by atoms with E-state index in [1.54, 1.807) is 0 Å². The van der Waals surface area contributed by atoms with Crippen LogP contribution in [0.1, 0.15) is 6.42 Å². The standard InChI is InChI=1S/C8H11NO5S/c1-4-5-6(15(3,12)13)7(8(10)11)9-14-2/h1,6H,5H2,2-3H3,(H,10,11). The summed E-state index contributed by atoms with van der Waals surface area (Å²) >= 11 is 0. The van der Waals surface area contributed by atoms with Gasteiger partial charge >= 0.3 is 5.97 Å². The Bertz CT molecular complexity index is 403. The van der Waals surface area contributed by atoms with Crippen LogP contribution in [0.3, 0.4) is 0 Å². The molecule has 84 valence electrons. The number of sulfone groups is 1. The van der Waals surface area contributed by atoms with E-state index in [9.17, 15) is 13.2 Å². The first-order chi connectivity index (χ1) is 6.84. The number of aliphatic carboxylic acids is 1. The van der Waals surface area contributed by atoms with Crippen molar-refractivity contribution in [1.82, 2.24) is 0 Å². The highest BCUT2D eigenvalue weighted by Crippen LogP contribution is 2.07. The molecule has 0 heterocycles. The molecule has 0 fully saturated rings. The molecule has 0 amide bonds. The fraction of sp³-hybridized carbons (Fsp3) is 0.500. The van der Waals surface area contributed by atoms with E-state index in [0.29, 0.717) is 0 Å². The number of nitrogens with zero attached hydrogens (tertiary/aromatic N) is 1. The van der Waals surface area contributed by atoms with Crippen LogP contribution in [0.15, 0.2) is 5.16 Å². The highest BCUT2D eigenvalue weighted by molar-refractivity contribution is 7.92. The fourth-order valence-electron chi connectivity index (χ4n) is 0.892. The van der Waals surface area contributed by atoms with Gasteiger partial charge in [0, 0.05) is 12.7 Å². The summed E-state index contributed by atoms with van der Waals surface area (Å²) < 4.78 is 22.5. The first kappa shape index (κ1) is 13.4. The van der Waals surface area contributed by atoms with E-state index in [4.69, 9.17) is 11.5 Å². The van der Waals surface area contributed by atoms with Crippen LogP contribution < -0.4 is 0 Å². The maximum atomic E-state index is 11.2. The van der Waals surface area contributed by atoms with Crippen molar-refractivity contribution in [2.75, 3.05) is 13.4 Å². The van der Waals surface area contributed by atoms with Gasteiger partial charge < -0.3 is 9.94 Å². The quantitative estimate of drug-likeness (QED) is 0.393. The summed E-state index contributed by atoms with van der Waals surface area (Å²) in [6.45, 7) is 0. The number of hydrogen-bond donors (Lipinski definition) is 1. The zero-order chi connectivity index (χ0) is 12.1. The Morgan fingerprint density at radius 1 is 1.67 bits per heavy atom. The fourth-order valence-corrected chi connectivity index (χ4v) is 1.84. The third-order valence-electron chi connectivity index (χ3n) is 1.53. The average Bonchev–Trinajstić information content (AvgIpc) is 2.09. The number of carboxylic acids is 1. The zero-order valence-corrected chi connectivity index (χ0v) is 9.11. The van der Waals surface area contributed by atoms with Crippen LogP contribution in [-0.2, 0) is 19.5 Å². The lowest BCUT2D eigenvalue weighted by molar-refractivity contribution is -0.129. The topological polar surface area (TPSA) is 93.0 Å². The molecule has 1 unspecified atom stereocenters. The van der Waals surface area contributed by atoms with E-state index in [-0.39, 0.29) is 6.42 Å². The van der Waals surface area contributed by atoms with Crippen molar-refractivity contribution in [2.45, 2.75) is 11.7 Å². The molecule has 7 heteroatoms. The monoisotopic (exact) mass is 233 g/mol. The van der Waals surface area contributed by atoms with Crippen molar-refractivity contribution in [3.8, 4) is 12.3 Å². The minimum Gasteiger partial charge on any atom is -0.477 e. The molecule has 0 spiro atoms. The normalized spacial score (nSPS) is 14.1. The van der Waals surface area contributed by atoms with Gasteiger partial charge in [0.2, 0.25) is 0 Å². The minimum absolute atomic E-state index is 0.257. The molecule has 0 bridgehead atoms. The summed E-state index contributed by atoms with van der Waals surface area (Å²) in [7, 11) is -2.50. The van der Waals surface area contributed by atoms with Gasteiger partial charge in [0.1, 0.15) is 12.4 Å². The zero-order valence-electron chi connectivity index (χ0n) is 8.30. The summed E-state index contributed by atoms with van der Waals surface area (Å²) in [6, 6.07) is 0. The third-order valence-corrected chi connectivity index (χ3v) is 2.96. The van der Waals surface area contributed by atoms with Crippen LogP contribution in [0.5, 0.6) is 0 Å². The van der Waals surface area contributed by atoms with E-state index in [0.717, 1.165) is 13.4 Å². The predicted octanol–water partition coefficient (Wildman–Crippen LogP) is -0.490. The molecule has 0 aliphatic carbocycles. The number of oxime groups is 1. The van der Waals surface area contributed by atoms with Gasteiger partial charge in [0.25, 0.3) is 0 Å². The van der Waals surface area contributed by atoms with Crippen molar-refractivity contribution in [2.24, 2.45) is 5.16 Å². The molecular weight excluding hydrogens is 222 g/mol. The predicted molar refractivity (Wildman–Crippen MR) is 54.2 cm³/mol. The number of carbonyl (C=O) groups is 1. The molecule has 0 aliphatic rings.